The molecule has 0 aliphatic carbocycles. The number of carbonyl (C=O) groups is 2. The molecule has 1 unspecified atom stereocenters. The second-order valence-electron chi connectivity index (χ2n) is 5.26. The van der Waals surface area contributed by atoms with Crippen LogP contribution in [-0.2, 0) is 14.3 Å². The molecule has 1 rings (SSSR count). The lowest BCUT2D eigenvalue weighted by Gasteiger charge is -2.38. The first-order valence-corrected chi connectivity index (χ1v) is 7.11. The number of hydrogen-bond acceptors (Lipinski definition) is 4. The van der Waals surface area contributed by atoms with Gasteiger partial charge in [0.15, 0.2) is 0 Å². The molecule has 2 amide bonds. The minimum atomic E-state index is -0.829. The standard InChI is InChI=1S/C13H23N3O3S/c1-9(10(17)15-2)8-16(3)12(18)13(11(14)20)4-6-19-7-5-13/h9H,4-8H2,1-3H3,(H2,14,20)(H,15,17). The molecule has 0 aromatic rings. The van der Waals surface area contributed by atoms with E-state index < -0.39 is 5.41 Å². The van der Waals surface area contributed by atoms with Gasteiger partial charge in [-0.1, -0.05) is 19.1 Å². The molecule has 3 N–H and O–H groups in total. The van der Waals surface area contributed by atoms with E-state index in [1.54, 1.807) is 25.9 Å². The van der Waals surface area contributed by atoms with Crippen molar-refractivity contribution in [3.05, 3.63) is 0 Å². The molecule has 7 heteroatoms. The highest BCUT2D eigenvalue weighted by Gasteiger charge is 2.44. The molecular weight excluding hydrogens is 278 g/mol. The minimum absolute atomic E-state index is 0.0963. The Morgan fingerprint density at radius 3 is 2.45 bits per heavy atom. The number of hydrogen-bond donors (Lipinski definition) is 2. The first-order chi connectivity index (χ1) is 9.35. The van der Waals surface area contributed by atoms with E-state index >= 15 is 0 Å². The van der Waals surface area contributed by atoms with Crippen molar-refractivity contribution in [2.75, 3.05) is 33.9 Å². The van der Waals surface area contributed by atoms with E-state index in [1.165, 1.54) is 0 Å². The molecule has 1 aliphatic rings. The van der Waals surface area contributed by atoms with Crippen molar-refractivity contribution in [3.8, 4) is 0 Å². The maximum atomic E-state index is 12.7. The van der Waals surface area contributed by atoms with Crippen molar-refractivity contribution in [1.82, 2.24) is 10.2 Å². The molecule has 0 aromatic heterocycles. The van der Waals surface area contributed by atoms with E-state index in [0.717, 1.165) is 0 Å². The smallest absolute Gasteiger partial charge is 0.235 e. The molecule has 0 bridgehead atoms. The summed E-state index contributed by atoms with van der Waals surface area (Å²) in [6, 6.07) is 0. The Bertz CT molecular complexity index is 394. The van der Waals surface area contributed by atoms with Crippen molar-refractivity contribution in [3.63, 3.8) is 0 Å². The number of nitrogens with zero attached hydrogens (tertiary/aromatic N) is 1. The highest BCUT2D eigenvalue weighted by molar-refractivity contribution is 7.80. The van der Waals surface area contributed by atoms with Crippen molar-refractivity contribution >= 4 is 29.0 Å². The van der Waals surface area contributed by atoms with Gasteiger partial charge >= 0.3 is 0 Å². The number of nitrogens with two attached hydrogens (primary N) is 1. The summed E-state index contributed by atoms with van der Waals surface area (Å²) in [5.41, 5.74) is 4.98. The maximum Gasteiger partial charge on any atom is 0.235 e. The highest BCUT2D eigenvalue weighted by atomic mass is 32.1. The Labute approximate surface area is 125 Å². The van der Waals surface area contributed by atoms with E-state index in [9.17, 15) is 9.59 Å². The third-order valence-corrected chi connectivity index (χ3v) is 4.21. The Morgan fingerprint density at radius 2 is 2.00 bits per heavy atom. The van der Waals surface area contributed by atoms with Crippen LogP contribution in [0.5, 0.6) is 0 Å². The number of ether oxygens (including phenoxy) is 1. The predicted octanol–water partition coefficient (Wildman–Crippen LogP) is -0.0902. The third-order valence-electron chi connectivity index (χ3n) is 3.82. The van der Waals surface area contributed by atoms with Gasteiger partial charge in [-0.25, -0.2) is 0 Å². The van der Waals surface area contributed by atoms with Gasteiger partial charge in [0, 0.05) is 33.9 Å². The van der Waals surface area contributed by atoms with Crippen molar-refractivity contribution in [2.45, 2.75) is 19.8 Å². The first kappa shape index (κ1) is 16.8. The summed E-state index contributed by atoms with van der Waals surface area (Å²) < 4.78 is 5.29. The number of nitrogens with one attached hydrogen (secondary N) is 1. The van der Waals surface area contributed by atoms with Gasteiger partial charge in [0.1, 0.15) is 5.41 Å². The van der Waals surface area contributed by atoms with Crippen LogP contribution in [0.4, 0.5) is 0 Å². The monoisotopic (exact) mass is 301 g/mol. The van der Waals surface area contributed by atoms with Gasteiger partial charge in [0.25, 0.3) is 0 Å². The summed E-state index contributed by atoms with van der Waals surface area (Å²) in [4.78, 5) is 26.0. The summed E-state index contributed by atoms with van der Waals surface area (Å²) in [5, 5.41) is 2.57. The lowest BCUT2D eigenvalue weighted by atomic mass is 9.78. The lowest BCUT2D eigenvalue weighted by molar-refractivity contribution is -0.142. The third kappa shape index (κ3) is 3.46. The van der Waals surface area contributed by atoms with Crippen LogP contribution in [0, 0.1) is 11.3 Å². The van der Waals surface area contributed by atoms with Crippen LogP contribution in [0.25, 0.3) is 0 Å². The Hall–Kier alpha value is -1.21. The molecule has 0 radical (unpaired) electrons. The van der Waals surface area contributed by atoms with Crippen LogP contribution < -0.4 is 11.1 Å². The Kier molecular flexibility index (Phi) is 5.88. The number of amides is 2. The molecule has 0 saturated carbocycles. The Morgan fingerprint density at radius 1 is 1.45 bits per heavy atom. The molecule has 114 valence electrons. The minimum Gasteiger partial charge on any atom is -0.392 e. The molecule has 0 aromatic carbocycles. The molecule has 1 saturated heterocycles. The quantitative estimate of drug-likeness (QED) is 0.693. The number of rotatable bonds is 5. The van der Waals surface area contributed by atoms with Crippen LogP contribution in [0.2, 0.25) is 0 Å². The number of thiocarbonyl (C=S) groups is 1. The zero-order chi connectivity index (χ0) is 15.3. The molecule has 6 nitrogen and oxygen atoms in total. The van der Waals surface area contributed by atoms with Crippen LogP contribution in [0.15, 0.2) is 0 Å². The molecule has 1 atom stereocenters. The fourth-order valence-electron chi connectivity index (χ4n) is 2.47. The van der Waals surface area contributed by atoms with E-state index in [2.05, 4.69) is 5.32 Å². The Balaban J connectivity index is 2.79. The van der Waals surface area contributed by atoms with Gasteiger partial charge < -0.3 is 20.7 Å². The van der Waals surface area contributed by atoms with Crippen molar-refractivity contribution < 1.29 is 14.3 Å². The van der Waals surface area contributed by atoms with Crippen LogP contribution in [0.3, 0.4) is 0 Å². The summed E-state index contributed by atoms with van der Waals surface area (Å²) in [7, 11) is 3.26. The SMILES string of the molecule is CNC(=O)C(C)CN(C)C(=O)C1(C(N)=S)CCOCC1. The van der Waals surface area contributed by atoms with Crippen LogP contribution >= 0.6 is 12.2 Å². The summed E-state index contributed by atoms with van der Waals surface area (Å²) >= 11 is 5.11. The maximum absolute atomic E-state index is 12.7. The van der Waals surface area contributed by atoms with Gasteiger partial charge in [-0.3, -0.25) is 9.59 Å². The van der Waals surface area contributed by atoms with Crippen LogP contribution in [-0.4, -0.2) is 55.6 Å². The van der Waals surface area contributed by atoms with Gasteiger partial charge in [-0.2, -0.15) is 0 Å². The predicted molar refractivity (Wildman–Crippen MR) is 80.1 cm³/mol. The fraction of sp³-hybridized carbons (Fsp3) is 0.769. The largest absolute Gasteiger partial charge is 0.392 e. The van der Waals surface area contributed by atoms with E-state index in [0.29, 0.717) is 32.6 Å². The number of carbonyl (C=O) groups excluding carboxylic acids is 2. The van der Waals surface area contributed by atoms with Gasteiger partial charge in [-0.05, 0) is 12.8 Å². The van der Waals surface area contributed by atoms with E-state index in [-0.39, 0.29) is 22.7 Å². The zero-order valence-corrected chi connectivity index (χ0v) is 13.1. The van der Waals surface area contributed by atoms with Gasteiger partial charge in [-0.15, -0.1) is 0 Å². The summed E-state index contributed by atoms with van der Waals surface area (Å²) in [6.45, 7) is 3.06. The second-order valence-corrected chi connectivity index (χ2v) is 5.70. The zero-order valence-electron chi connectivity index (χ0n) is 12.3. The van der Waals surface area contributed by atoms with Crippen LogP contribution in [0.1, 0.15) is 19.8 Å². The average molecular weight is 301 g/mol. The first-order valence-electron chi connectivity index (χ1n) is 6.70. The summed E-state index contributed by atoms with van der Waals surface area (Å²) in [6.07, 6.45) is 1.000. The van der Waals surface area contributed by atoms with Gasteiger partial charge in [0.2, 0.25) is 11.8 Å². The average Bonchev–Trinajstić information content (AvgIpc) is 2.45. The van der Waals surface area contributed by atoms with E-state index in [1.807, 2.05) is 0 Å². The topological polar surface area (TPSA) is 84.7 Å². The van der Waals surface area contributed by atoms with Crippen molar-refractivity contribution in [1.29, 1.82) is 0 Å². The fourth-order valence-corrected chi connectivity index (χ4v) is 2.77. The second kappa shape index (κ2) is 6.99. The molecule has 20 heavy (non-hydrogen) atoms. The summed E-state index contributed by atoms with van der Waals surface area (Å²) in [5.74, 6) is -0.498. The van der Waals surface area contributed by atoms with Crippen molar-refractivity contribution in [2.24, 2.45) is 17.1 Å². The van der Waals surface area contributed by atoms with E-state index in [4.69, 9.17) is 22.7 Å². The highest BCUT2D eigenvalue weighted by Crippen LogP contribution is 2.33. The molecule has 0 spiro atoms. The van der Waals surface area contributed by atoms with Gasteiger partial charge in [0.05, 0.1) is 10.9 Å². The molecule has 1 fully saturated rings. The normalized spacial score (nSPS) is 18.9. The molecular formula is C13H23N3O3S. The molecule has 1 heterocycles. The lowest BCUT2D eigenvalue weighted by Crippen LogP contribution is -2.53. The molecule has 1 aliphatic heterocycles.